The molecule has 2 unspecified atom stereocenters. The molecule has 1 aromatic rings. The van der Waals surface area contributed by atoms with Gasteiger partial charge in [0, 0.05) is 25.1 Å². The van der Waals surface area contributed by atoms with Crippen molar-refractivity contribution in [2.45, 2.75) is 57.9 Å². The number of halogens is 1. The summed E-state index contributed by atoms with van der Waals surface area (Å²) in [4.78, 5) is 11.7. The van der Waals surface area contributed by atoms with Crippen LogP contribution in [0, 0.1) is 5.92 Å². The third-order valence-corrected chi connectivity index (χ3v) is 4.99. The van der Waals surface area contributed by atoms with Crippen molar-refractivity contribution in [2.75, 3.05) is 11.4 Å². The lowest BCUT2D eigenvalue weighted by molar-refractivity contribution is 0.242. The van der Waals surface area contributed by atoms with Gasteiger partial charge in [0.05, 0.1) is 0 Å². The summed E-state index contributed by atoms with van der Waals surface area (Å²) >= 11 is 3.53. The molecule has 104 valence electrons. The Bertz CT molecular complexity index is 447. The molecule has 0 spiro atoms. The van der Waals surface area contributed by atoms with Gasteiger partial charge in [-0.2, -0.15) is 0 Å². The van der Waals surface area contributed by atoms with E-state index in [4.69, 9.17) is 4.98 Å². The van der Waals surface area contributed by atoms with E-state index < -0.39 is 0 Å². The van der Waals surface area contributed by atoms with Crippen molar-refractivity contribution >= 4 is 21.7 Å². The molecule has 19 heavy (non-hydrogen) atoms. The number of nitrogens with zero attached hydrogens (tertiary/aromatic N) is 3. The summed E-state index contributed by atoms with van der Waals surface area (Å²) in [5.74, 6) is 2.97. The second-order valence-electron chi connectivity index (χ2n) is 5.77. The van der Waals surface area contributed by atoms with Gasteiger partial charge >= 0.3 is 0 Å². The number of piperidine rings is 1. The molecule has 1 aliphatic heterocycles. The van der Waals surface area contributed by atoms with Crippen molar-refractivity contribution in [1.29, 1.82) is 0 Å². The highest BCUT2D eigenvalue weighted by Gasteiger charge is 2.34. The smallest absolute Gasteiger partial charge is 0.133 e. The van der Waals surface area contributed by atoms with Crippen LogP contribution in [0.25, 0.3) is 0 Å². The first-order valence-corrected chi connectivity index (χ1v) is 8.37. The van der Waals surface area contributed by atoms with Gasteiger partial charge < -0.3 is 4.90 Å². The summed E-state index contributed by atoms with van der Waals surface area (Å²) in [6.07, 6.45) is 9.17. The second kappa shape index (κ2) is 5.78. The molecule has 1 aromatic heterocycles. The minimum Gasteiger partial charge on any atom is -0.353 e. The van der Waals surface area contributed by atoms with Crippen LogP contribution in [0.15, 0.2) is 10.7 Å². The number of anilines is 1. The van der Waals surface area contributed by atoms with Crippen LogP contribution in [-0.2, 0) is 6.42 Å². The van der Waals surface area contributed by atoms with Gasteiger partial charge in [0.2, 0.25) is 0 Å². The number of aromatic nitrogens is 2. The predicted molar refractivity (Wildman–Crippen MR) is 81.4 cm³/mol. The molecule has 0 bridgehead atoms. The Morgan fingerprint density at radius 2 is 2.00 bits per heavy atom. The summed E-state index contributed by atoms with van der Waals surface area (Å²) < 4.78 is 0.923. The fraction of sp³-hybridized carbons (Fsp3) is 0.733. The highest BCUT2D eigenvalue weighted by molar-refractivity contribution is 9.10. The first-order valence-electron chi connectivity index (χ1n) is 7.58. The average Bonchev–Trinajstić information content (AvgIpc) is 2.46. The molecular formula is C15H22BrN3. The Kier molecular flexibility index (Phi) is 4.06. The van der Waals surface area contributed by atoms with E-state index in [1.54, 1.807) is 0 Å². The van der Waals surface area contributed by atoms with Crippen molar-refractivity contribution in [2.24, 2.45) is 5.92 Å². The summed E-state index contributed by atoms with van der Waals surface area (Å²) in [5, 5.41) is 0. The zero-order valence-corrected chi connectivity index (χ0v) is 13.2. The van der Waals surface area contributed by atoms with Crippen LogP contribution in [0.1, 0.15) is 51.3 Å². The van der Waals surface area contributed by atoms with Crippen molar-refractivity contribution in [1.82, 2.24) is 9.97 Å². The van der Waals surface area contributed by atoms with E-state index in [2.05, 4.69) is 38.8 Å². The van der Waals surface area contributed by atoms with Crippen LogP contribution >= 0.6 is 15.9 Å². The molecule has 0 N–H and O–H groups in total. The zero-order chi connectivity index (χ0) is 13.2. The third-order valence-electron chi connectivity index (χ3n) is 4.58. The molecule has 2 fully saturated rings. The molecule has 2 heterocycles. The molecule has 3 rings (SSSR count). The molecule has 1 saturated carbocycles. The van der Waals surface area contributed by atoms with Gasteiger partial charge in [-0.25, -0.2) is 9.97 Å². The lowest BCUT2D eigenvalue weighted by Gasteiger charge is -2.44. The summed E-state index contributed by atoms with van der Waals surface area (Å²) in [5.41, 5.74) is 0. The fourth-order valence-corrected chi connectivity index (χ4v) is 4.08. The Balaban J connectivity index is 1.89. The molecule has 0 aromatic carbocycles. The van der Waals surface area contributed by atoms with Crippen LogP contribution in [0.3, 0.4) is 0 Å². The molecule has 4 heteroatoms. The SMILES string of the molecule is CCc1nc(Br)cc(N2CCCC3CCCCC32)n1. The summed E-state index contributed by atoms with van der Waals surface area (Å²) in [6.45, 7) is 3.28. The first-order chi connectivity index (χ1) is 9.28. The quantitative estimate of drug-likeness (QED) is 0.771. The minimum atomic E-state index is 0.717. The van der Waals surface area contributed by atoms with Gasteiger partial charge in [0.25, 0.3) is 0 Å². The Morgan fingerprint density at radius 1 is 1.21 bits per heavy atom. The average molecular weight is 324 g/mol. The Morgan fingerprint density at radius 3 is 2.84 bits per heavy atom. The van der Waals surface area contributed by atoms with E-state index in [9.17, 15) is 0 Å². The fourth-order valence-electron chi connectivity index (χ4n) is 3.67. The largest absolute Gasteiger partial charge is 0.353 e. The van der Waals surface area contributed by atoms with Crippen LogP contribution < -0.4 is 4.90 Å². The highest BCUT2D eigenvalue weighted by atomic mass is 79.9. The van der Waals surface area contributed by atoms with Gasteiger partial charge in [-0.15, -0.1) is 0 Å². The molecule has 1 saturated heterocycles. The van der Waals surface area contributed by atoms with E-state index >= 15 is 0 Å². The standard InChI is InChI=1S/C15H22BrN3/c1-2-14-17-13(16)10-15(18-14)19-9-5-7-11-6-3-4-8-12(11)19/h10-12H,2-9H2,1H3. The van der Waals surface area contributed by atoms with E-state index in [1.807, 2.05) is 0 Å². The Labute approximate surface area is 124 Å². The molecule has 0 amide bonds. The molecule has 3 nitrogen and oxygen atoms in total. The van der Waals surface area contributed by atoms with Gasteiger partial charge in [0.15, 0.2) is 0 Å². The number of hydrogen-bond acceptors (Lipinski definition) is 3. The van der Waals surface area contributed by atoms with Crippen molar-refractivity contribution in [3.63, 3.8) is 0 Å². The number of fused-ring (bicyclic) bond motifs is 1. The Hall–Kier alpha value is -0.640. The first kappa shape index (κ1) is 13.3. The topological polar surface area (TPSA) is 29.0 Å². The summed E-state index contributed by atoms with van der Waals surface area (Å²) in [7, 11) is 0. The van der Waals surface area contributed by atoms with Crippen LogP contribution in [0.2, 0.25) is 0 Å². The van der Waals surface area contributed by atoms with E-state index in [0.717, 1.165) is 35.1 Å². The number of rotatable bonds is 2. The van der Waals surface area contributed by atoms with Crippen LogP contribution in [-0.4, -0.2) is 22.6 Å². The maximum Gasteiger partial charge on any atom is 0.133 e. The van der Waals surface area contributed by atoms with Gasteiger partial charge in [-0.1, -0.05) is 19.8 Å². The maximum absolute atomic E-state index is 4.75. The minimum absolute atomic E-state index is 0.717. The second-order valence-corrected chi connectivity index (χ2v) is 6.58. The zero-order valence-electron chi connectivity index (χ0n) is 11.6. The molecule has 0 radical (unpaired) electrons. The number of hydrogen-bond donors (Lipinski definition) is 0. The predicted octanol–water partition coefficient (Wildman–Crippen LogP) is 3.96. The van der Waals surface area contributed by atoms with Crippen LogP contribution in [0.5, 0.6) is 0 Å². The van der Waals surface area contributed by atoms with Crippen molar-refractivity contribution in [3.05, 3.63) is 16.5 Å². The van der Waals surface area contributed by atoms with Crippen molar-refractivity contribution < 1.29 is 0 Å². The summed E-state index contributed by atoms with van der Waals surface area (Å²) in [6, 6.07) is 2.81. The van der Waals surface area contributed by atoms with Crippen LogP contribution in [0.4, 0.5) is 5.82 Å². The molecule has 1 aliphatic carbocycles. The van der Waals surface area contributed by atoms with E-state index in [1.165, 1.54) is 38.5 Å². The van der Waals surface area contributed by atoms with Gasteiger partial charge in [-0.3, -0.25) is 0 Å². The van der Waals surface area contributed by atoms with Gasteiger partial charge in [0.1, 0.15) is 16.2 Å². The molecular weight excluding hydrogens is 302 g/mol. The van der Waals surface area contributed by atoms with E-state index in [0.29, 0.717) is 6.04 Å². The lowest BCUT2D eigenvalue weighted by Crippen LogP contribution is -2.47. The normalized spacial score (nSPS) is 27.2. The number of aryl methyl sites for hydroxylation is 1. The highest BCUT2D eigenvalue weighted by Crippen LogP contribution is 2.37. The molecule has 2 aliphatic rings. The maximum atomic E-state index is 4.75. The van der Waals surface area contributed by atoms with Gasteiger partial charge in [-0.05, 0) is 47.5 Å². The van der Waals surface area contributed by atoms with Crippen molar-refractivity contribution in [3.8, 4) is 0 Å². The molecule has 2 atom stereocenters. The monoisotopic (exact) mass is 323 g/mol. The lowest BCUT2D eigenvalue weighted by atomic mass is 9.78. The van der Waals surface area contributed by atoms with E-state index in [-0.39, 0.29) is 0 Å². The third kappa shape index (κ3) is 2.78.